The van der Waals surface area contributed by atoms with Crippen molar-refractivity contribution in [2.45, 2.75) is 6.54 Å². The van der Waals surface area contributed by atoms with Crippen LogP contribution in [0.5, 0.6) is 0 Å². The van der Waals surface area contributed by atoms with Crippen LogP contribution in [0.2, 0.25) is 0 Å². The third-order valence-electron chi connectivity index (χ3n) is 0.922. The molecule has 0 saturated carbocycles. The number of hydrogen-bond acceptors (Lipinski definition) is 4. The molecule has 0 aliphatic rings. The number of carbonyl (C=O) groups excluding carboxylic acids is 1. The Balaban J connectivity index is 2.67. The Bertz CT molecular complexity index is 240. The minimum Gasteiger partial charge on any atom is -0.261 e. The Kier molecular flexibility index (Phi) is 2.29. The van der Waals surface area contributed by atoms with Crippen LogP contribution in [0.15, 0.2) is 23.6 Å². The minimum atomic E-state index is 0.261. The van der Waals surface area contributed by atoms with Gasteiger partial charge in [-0.05, 0) is 0 Å². The van der Waals surface area contributed by atoms with Gasteiger partial charge in [0.15, 0.2) is 0 Å². The third kappa shape index (κ3) is 1.76. The highest BCUT2D eigenvalue weighted by molar-refractivity contribution is 5.33. The van der Waals surface area contributed by atoms with E-state index in [0.29, 0.717) is 5.69 Å². The summed E-state index contributed by atoms with van der Waals surface area (Å²) in [6.45, 7) is 0.261. The molecule has 0 aromatic carbocycles. The molecule has 0 N–H and O–H groups in total. The van der Waals surface area contributed by atoms with Crippen molar-refractivity contribution in [2.24, 2.45) is 4.99 Å². The smallest absolute Gasteiger partial charge is 0.235 e. The van der Waals surface area contributed by atoms with Crippen molar-refractivity contribution < 1.29 is 4.79 Å². The maximum absolute atomic E-state index is 9.64. The van der Waals surface area contributed by atoms with Gasteiger partial charge in [0.1, 0.15) is 0 Å². The van der Waals surface area contributed by atoms with Crippen molar-refractivity contribution in [1.29, 1.82) is 0 Å². The first-order valence-electron chi connectivity index (χ1n) is 2.72. The Labute approximate surface area is 57.7 Å². The van der Waals surface area contributed by atoms with Gasteiger partial charge in [0.25, 0.3) is 0 Å². The summed E-state index contributed by atoms with van der Waals surface area (Å²) in [6, 6.07) is 0. The summed E-state index contributed by atoms with van der Waals surface area (Å²) < 4.78 is 0. The largest absolute Gasteiger partial charge is 0.261 e. The van der Waals surface area contributed by atoms with Gasteiger partial charge in [0, 0.05) is 12.4 Å². The van der Waals surface area contributed by atoms with Crippen LogP contribution in [0.4, 0.5) is 0 Å². The number of isocyanates is 1. The monoisotopic (exact) mass is 135 g/mol. The normalized spacial score (nSPS) is 8.40. The number of aromatic nitrogens is 2. The predicted octanol–water partition coefficient (Wildman–Crippen LogP) is 0.312. The zero-order chi connectivity index (χ0) is 7.23. The third-order valence-corrected chi connectivity index (χ3v) is 0.922. The molecule has 0 aliphatic heterocycles. The van der Waals surface area contributed by atoms with Gasteiger partial charge in [-0.15, -0.1) is 0 Å². The second kappa shape index (κ2) is 3.48. The van der Waals surface area contributed by atoms with Crippen molar-refractivity contribution in [3.05, 3.63) is 24.3 Å². The Morgan fingerprint density at radius 3 is 3.10 bits per heavy atom. The molecule has 1 aromatic heterocycles. The highest BCUT2D eigenvalue weighted by atomic mass is 16.1. The molecule has 1 rings (SSSR count). The van der Waals surface area contributed by atoms with E-state index in [9.17, 15) is 4.79 Å². The molecule has 0 atom stereocenters. The topological polar surface area (TPSA) is 55.2 Å². The fourth-order valence-electron chi connectivity index (χ4n) is 0.525. The van der Waals surface area contributed by atoms with Gasteiger partial charge < -0.3 is 0 Å². The van der Waals surface area contributed by atoms with E-state index in [1.54, 1.807) is 18.6 Å². The van der Waals surface area contributed by atoms with Gasteiger partial charge in [0.05, 0.1) is 18.4 Å². The van der Waals surface area contributed by atoms with E-state index >= 15 is 0 Å². The SMILES string of the molecule is O=C=NCc1cnccn1. The van der Waals surface area contributed by atoms with E-state index < -0.39 is 0 Å². The fraction of sp³-hybridized carbons (Fsp3) is 0.167. The van der Waals surface area contributed by atoms with Crippen LogP contribution in [0, 0.1) is 0 Å². The van der Waals surface area contributed by atoms with Crippen molar-refractivity contribution in [3.63, 3.8) is 0 Å². The average molecular weight is 135 g/mol. The molecule has 1 heterocycles. The van der Waals surface area contributed by atoms with Gasteiger partial charge in [-0.3, -0.25) is 9.97 Å². The Morgan fingerprint density at radius 1 is 1.60 bits per heavy atom. The van der Waals surface area contributed by atoms with E-state index in [1.165, 1.54) is 6.08 Å². The highest BCUT2D eigenvalue weighted by Gasteiger charge is 1.87. The summed E-state index contributed by atoms with van der Waals surface area (Å²) in [4.78, 5) is 20.6. The first kappa shape index (κ1) is 6.58. The molecule has 10 heavy (non-hydrogen) atoms. The molecule has 0 radical (unpaired) electrons. The molecular formula is C6H5N3O. The molecule has 0 bridgehead atoms. The second-order valence-electron chi connectivity index (χ2n) is 1.60. The predicted molar refractivity (Wildman–Crippen MR) is 33.9 cm³/mol. The van der Waals surface area contributed by atoms with Crippen molar-refractivity contribution in [3.8, 4) is 0 Å². The molecule has 1 aromatic rings. The molecule has 4 heteroatoms. The summed E-state index contributed by atoms with van der Waals surface area (Å²) in [7, 11) is 0. The number of aliphatic imine (C=N–C) groups is 1. The summed E-state index contributed by atoms with van der Waals surface area (Å²) in [5, 5.41) is 0. The Morgan fingerprint density at radius 2 is 2.50 bits per heavy atom. The van der Waals surface area contributed by atoms with Gasteiger partial charge in [0.2, 0.25) is 6.08 Å². The number of rotatable bonds is 2. The quantitative estimate of drug-likeness (QED) is 0.433. The average Bonchev–Trinajstić information content (AvgIpc) is 2.03. The Hall–Kier alpha value is -1.54. The maximum atomic E-state index is 9.64. The first-order chi connectivity index (χ1) is 4.93. The first-order valence-corrected chi connectivity index (χ1v) is 2.72. The van der Waals surface area contributed by atoms with Crippen LogP contribution >= 0.6 is 0 Å². The van der Waals surface area contributed by atoms with Gasteiger partial charge in [-0.25, -0.2) is 4.79 Å². The van der Waals surface area contributed by atoms with E-state index in [1.807, 2.05) is 0 Å². The molecule has 0 spiro atoms. The summed E-state index contributed by atoms with van der Waals surface area (Å²) in [5.74, 6) is 0. The molecule has 0 fully saturated rings. The van der Waals surface area contributed by atoms with Crippen LogP contribution in [0.3, 0.4) is 0 Å². The minimum absolute atomic E-state index is 0.261. The molecule has 4 nitrogen and oxygen atoms in total. The highest BCUT2D eigenvalue weighted by Crippen LogP contribution is 1.90. The lowest BCUT2D eigenvalue weighted by molar-refractivity contribution is 0.562. The molecule has 50 valence electrons. The lowest BCUT2D eigenvalue weighted by Gasteiger charge is -1.88. The maximum Gasteiger partial charge on any atom is 0.235 e. The zero-order valence-corrected chi connectivity index (χ0v) is 5.19. The molecule has 0 unspecified atom stereocenters. The van der Waals surface area contributed by atoms with Crippen LogP contribution in [-0.2, 0) is 11.3 Å². The molecule has 0 aliphatic carbocycles. The number of nitrogens with zero attached hydrogens (tertiary/aromatic N) is 3. The van der Waals surface area contributed by atoms with Crippen LogP contribution < -0.4 is 0 Å². The summed E-state index contributed by atoms with van der Waals surface area (Å²) in [5.41, 5.74) is 0.672. The fourth-order valence-corrected chi connectivity index (χ4v) is 0.525. The molecule has 0 amide bonds. The van der Waals surface area contributed by atoms with Crippen LogP contribution in [0.1, 0.15) is 5.69 Å². The standard InChI is InChI=1S/C6H5N3O/c10-5-8-4-6-3-7-1-2-9-6/h1-3H,4H2. The van der Waals surface area contributed by atoms with Crippen molar-refractivity contribution in [2.75, 3.05) is 0 Å². The van der Waals surface area contributed by atoms with Crippen LogP contribution in [0.25, 0.3) is 0 Å². The summed E-state index contributed by atoms with van der Waals surface area (Å²) >= 11 is 0. The number of hydrogen-bond donors (Lipinski definition) is 0. The van der Waals surface area contributed by atoms with Gasteiger partial charge in [-0.1, -0.05) is 0 Å². The van der Waals surface area contributed by atoms with Gasteiger partial charge in [-0.2, -0.15) is 4.99 Å². The van der Waals surface area contributed by atoms with E-state index in [0.717, 1.165) is 0 Å². The van der Waals surface area contributed by atoms with Crippen LogP contribution in [-0.4, -0.2) is 16.0 Å². The summed E-state index contributed by atoms with van der Waals surface area (Å²) in [6.07, 6.45) is 6.09. The molecule has 0 saturated heterocycles. The van der Waals surface area contributed by atoms with E-state index in [2.05, 4.69) is 15.0 Å². The lowest BCUT2D eigenvalue weighted by atomic mass is 10.5. The van der Waals surface area contributed by atoms with Crippen molar-refractivity contribution >= 4 is 6.08 Å². The van der Waals surface area contributed by atoms with E-state index in [4.69, 9.17) is 0 Å². The second-order valence-corrected chi connectivity index (χ2v) is 1.60. The lowest BCUT2D eigenvalue weighted by Crippen LogP contribution is -1.86. The molecular weight excluding hydrogens is 130 g/mol. The zero-order valence-electron chi connectivity index (χ0n) is 5.19. The van der Waals surface area contributed by atoms with E-state index in [-0.39, 0.29) is 6.54 Å². The van der Waals surface area contributed by atoms with Crippen molar-refractivity contribution in [1.82, 2.24) is 9.97 Å². The van der Waals surface area contributed by atoms with Gasteiger partial charge >= 0.3 is 0 Å².